The van der Waals surface area contributed by atoms with Gasteiger partial charge in [-0.25, -0.2) is 4.79 Å². The topological polar surface area (TPSA) is 70.2 Å². The van der Waals surface area contributed by atoms with Crippen LogP contribution in [0.25, 0.3) is 0 Å². The van der Waals surface area contributed by atoms with E-state index in [9.17, 15) is 14.4 Å². The van der Waals surface area contributed by atoms with Gasteiger partial charge in [-0.05, 0) is 12.1 Å². The van der Waals surface area contributed by atoms with Crippen LogP contribution in [0.3, 0.4) is 0 Å². The molecule has 0 bridgehead atoms. The first-order chi connectivity index (χ1) is 10.6. The summed E-state index contributed by atoms with van der Waals surface area (Å²) in [5, 5.41) is 0. The van der Waals surface area contributed by atoms with Gasteiger partial charge in [-0.1, -0.05) is 18.2 Å². The van der Waals surface area contributed by atoms with Crippen molar-refractivity contribution < 1.29 is 19.1 Å². The van der Waals surface area contributed by atoms with Crippen LogP contribution in [0.5, 0.6) is 5.75 Å². The Morgan fingerprint density at radius 3 is 2.64 bits per heavy atom. The fourth-order valence-electron chi connectivity index (χ4n) is 2.74. The molecule has 22 heavy (non-hydrogen) atoms. The van der Waals surface area contributed by atoms with Crippen LogP contribution in [-0.2, 0) is 9.59 Å². The first-order valence-electron chi connectivity index (χ1n) is 7.12. The second kappa shape index (κ2) is 5.67. The normalized spacial score (nSPS) is 21.7. The Morgan fingerprint density at radius 2 is 1.91 bits per heavy atom. The predicted octanol–water partition coefficient (Wildman–Crippen LogP) is 0.170. The van der Waals surface area contributed by atoms with Crippen LogP contribution in [0.4, 0.5) is 4.79 Å². The summed E-state index contributed by atoms with van der Waals surface area (Å²) in [5.41, 5.74) is 0. The van der Waals surface area contributed by atoms with E-state index in [1.54, 1.807) is 36.2 Å². The van der Waals surface area contributed by atoms with Crippen molar-refractivity contribution in [3.8, 4) is 5.75 Å². The zero-order valence-electron chi connectivity index (χ0n) is 12.3. The summed E-state index contributed by atoms with van der Waals surface area (Å²) in [6.45, 7) is 0.988. The van der Waals surface area contributed by atoms with E-state index < -0.39 is 12.1 Å². The lowest BCUT2D eigenvalue weighted by Crippen LogP contribution is -2.66. The Bertz CT molecular complexity index is 604. The third-order valence-electron chi connectivity index (χ3n) is 3.94. The molecule has 2 heterocycles. The molecule has 2 aliphatic heterocycles. The van der Waals surface area contributed by atoms with Crippen molar-refractivity contribution in [3.63, 3.8) is 0 Å². The molecular weight excluding hydrogens is 286 g/mol. The second-order valence-electron chi connectivity index (χ2n) is 5.42. The lowest BCUT2D eigenvalue weighted by Gasteiger charge is -2.44. The largest absolute Gasteiger partial charge is 0.415 e. The molecule has 0 spiro atoms. The van der Waals surface area contributed by atoms with E-state index in [2.05, 4.69) is 0 Å². The number of carbonyl (C=O) groups excluding carboxylic acids is 3. The summed E-state index contributed by atoms with van der Waals surface area (Å²) in [6, 6.07) is 8.16. The fraction of sp³-hybridized carbons (Fsp3) is 0.400. The smallest absolute Gasteiger partial charge is 0.410 e. The molecule has 7 heteroatoms. The van der Waals surface area contributed by atoms with Crippen LogP contribution in [-0.4, -0.2) is 71.9 Å². The molecule has 2 aliphatic rings. The van der Waals surface area contributed by atoms with Gasteiger partial charge in [0.2, 0.25) is 11.8 Å². The maximum atomic E-state index is 12.2. The number of ether oxygens (including phenoxy) is 1. The summed E-state index contributed by atoms with van der Waals surface area (Å²) in [6.07, 6.45) is -0.501. The average molecular weight is 303 g/mol. The molecule has 116 valence electrons. The second-order valence-corrected chi connectivity index (χ2v) is 5.42. The van der Waals surface area contributed by atoms with Crippen molar-refractivity contribution in [3.05, 3.63) is 30.3 Å². The monoisotopic (exact) mass is 303 g/mol. The molecule has 3 rings (SSSR count). The number of amides is 3. The van der Waals surface area contributed by atoms with E-state index in [0.717, 1.165) is 0 Å². The van der Waals surface area contributed by atoms with E-state index in [-0.39, 0.29) is 24.9 Å². The first kappa shape index (κ1) is 14.4. The maximum Gasteiger partial charge on any atom is 0.415 e. The van der Waals surface area contributed by atoms with Crippen molar-refractivity contribution in [2.24, 2.45) is 0 Å². The standard InChI is InChI=1S/C15H17N3O4/c1-16-10-13(19)18-8-7-17(9-12(18)14(16)20)15(21)22-11-5-3-2-4-6-11/h2-6,12H,7-10H2,1H3/t12-/m1/s1. The van der Waals surface area contributed by atoms with Crippen molar-refractivity contribution in [1.82, 2.24) is 14.7 Å². The van der Waals surface area contributed by atoms with Gasteiger partial charge in [0.05, 0.1) is 13.1 Å². The maximum absolute atomic E-state index is 12.2. The highest BCUT2D eigenvalue weighted by Crippen LogP contribution is 2.18. The molecule has 0 unspecified atom stereocenters. The number of hydrogen-bond donors (Lipinski definition) is 0. The zero-order valence-corrected chi connectivity index (χ0v) is 12.3. The highest BCUT2D eigenvalue weighted by molar-refractivity contribution is 5.95. The Morgan fingerprint density at radius 1 is 1.18 bits per heavy atom. The van der Waals surface area contributed by atoms with Gasteiger partial charge in [0.1, 0.15) is 11.8 Å². The predicted molar refractivity (Wildman–Crippen MR) is 77.2 cm³/mol. The first-order valence-corrected chi connectivity index (χ1v) is 7.12. The molecule has 7 nitrogen and oxygen atoms in total. The van der Waals surface area contributed by atoms with Gasteiger partial charge in [0.15, 0.2) is 0 Å². The molecule has 1 aromatic carbocycles. The Balaban J connectivity index is 1.68. The highest BCUT2D eigenvalue weighted by atomic mass is 16.6. The van der Waals surface area contributed by atoms with E-state index in [4.69, 9.17) is 4.74 Å². The van der Waals surface area contributed by atoms with Gasteiger partial charge in [-0.2, -0.15) is 0 Å². The molecule has 1 atom stereocenters. The van der Waals surface area contributed by atoms with Gasteiger partial charge in [0, 0.05) is 20.1 Å². The minimum Gasteiger partial charge on any atom is -0.410 e. The Hall–Kier alpha value is -2.57. The molecular formula is C15H17N3O4. The number of carbonyl (C=O) groups is 3. The third-order valence-corrected chi connectivity index (χ3v) is 3.94. The van der Waals surface area contributed by atoms with Crippen molar-refractivity contribution in [1.29, 1.82) is 0 Å². The summed E-state index contributed by atoms with van der Waals surface area (Å²) >= 11 is 0. The number of benzene rings is 1. The minimum absolute atomic E-state index is 0.0804. The van der Waals surface area contributed by atoms with Crippen LogP contribution >= 0.6 is 0 Å². The molecule has 0 saturated carbocycles. The van der Waals surface area contributed by atoms with E-state index in [1.807, 2.05) is 6.07 Å². The molecule has 2 fully saturated rings. The van der Waals surface area contributed by atoms with E-state index in [0.29, 0.717) is 18.8 Å². The third kappa shape index (κ3) is 2.61. The lowest BCUT2D eigenvalue weighted by molar-refractivity contribution is -0.157. The Labute approximate surface area is 128 Å². The summed E-state index contributed by atoms with van der Waals surface area (Å²) in [4.78, 5) is 40.7. The molecule has 0 aromatic heterocycles. The molecule has 2 saturated heterocycles. The van der Waals surface area contributed by atoms with Crippen LogP contribution in [0, 0.1) is 0 Å². The number of hydrogen-bond acceptors (Lipinski definition) is 4. The molecule has 0 aliphatic carbocycles. The quantitative estimate of drug-likeness (QED) is 0.741. The SMILES string of the molecule is CN1CC(=O)N2CCN(C(=O)Oc3ccccc3)C[C@@H]2C1=O. The number of para-hydroxylation sites is 1. The van der Waals surface area contributed by atoms with Crippen molar-refractivity contribution >= 4 is 17.9 Å². The van der Waals surface area contributed by atoms with Gasteiger partial charge in [0.25, 0.3) is 0 Å². The van der Waals surface area contributed by atoms with Gasteiger partial charge < -0.3 is 19.4 Å². The molecule has 0 radical (unpaired) electrons. The highest BCUT2D eigenvalue weighted by Gasteiger charge is 2.42. The van der Waals surface area contributed by atoms with Crippen molar-refractivity contribution in [2.75, 3.05) is 33.2 Å². The summed E-state index contributed by atoms with van der Waals surface area (Å²) in [7, 11) is 1.60. The number of piperazine rings is 2. The summed E-state index contributed by atoms with van der Waals surface area (Å²) in [5.74, 6) is 0.234. The molecule has 1 aromatic rings. The van der Waals surface area contributed by atoms with Gasteiger partial charge in [-0.15, -0.1) is 0 Å². The number of likely N-dealkylation sites (N-methyl/N-ethyl adjacent to an activating group) is 1. The van der Waals surface area contributed by atoms with Crippen LogP contribution in [0.15, 0.2) is 30.3 Å². The van der Waals surface area contributed by atoms with Gasteiger partial charge >= 0.3 is 6.09 Å². The summed E-state index contributed by atoms with van der Waals surface area (Å²) < 4.78 is 5.28. The van der Waals surface area contributed by atoms with E-state index >= 15 is 0 Å². The molecule has 0 N–H and O–H groups in total. The van der Waals surface area contributed by atoms with E-state index in [1.165, 1.54) is 9.80 Å². The molecule has 3 amide bonds. The fourth-order valence-corrected chi connectivity index (χ4v) is 2.74. The zero-order chi connectivity index (χ0) is 15.7. The number of rotatable bonds is 1. The minimum atomic E-state index is -0.608. The van der Waals surface area contributed by atoms with Crippen LogP contribution in [0.2, 0.25) is 0 Å². The number of fused-ring (bicyclic) bond motifs is 1. The van der Waals surface area contributed by atoms with Gasteiger partial charge in [-0.3, -0.25) is 9.59 Å². The van der Waals surface area contributed by atoms with Crippen LogP contribution in [0.1, 0.15) is 0 Å². The van der Waals surface area contributed by atoms with Crippen molar-refractivity contribution in [2.45, 2.75) is 6.04 Å². The van der Waals surface area contributed by atoms with Crippen LogP contribution < -0.4 is 4.74 Å². The lowest BCUT2D eigenvalue weighted by atomic mass is 10.1. The number of nitrogens with zero attached hydrogens (tertiary/aromatic N) is 3. The average Bonchev–Trinajstić information content (AvgIpc) is 2.53. The Kier molecular flexibility index (Phi) is 3.70.